The van der Waals surface area contributed by atoms with Gasteiger partial charge < -0.3 is 10.8 Å². The fraction of sp³-hybridized carbons (Fsp3) is 0.357. The average molecular weight is 228 g/mol. The van der Waals surface area contributed by atoms with Crippen molar-refractivity contribution in [2.45, 2.75) is 31.9 Å². The molecule has 3 N–H and O–H groups in total. The normalized spacial score (nSPS) is 13.1. The van der Waals surface area contributed by atoms with E-state index < -0.39 is 6.10 Å². The number of aliphatic hydroxyl groups is 1. The van der Waals surface area contributed by atoms with Gasteiger partial charge in [0.2, 0.25) is 0 Å². The monoisotopic (exact) mass is 228 g/mol. The number of rotatable bonds is 3. The Hall–Kier alpha value is -1.81. The summed E-state index contributed by atoms with van der Waals surface area (Å²) in [5.41, 5.74) is 6.87. The predicted molar refractivity (Wildman–Crippen MR) is 66.8 cm³/mol. The Kier molecular flexibility index (Phi) is 5.23. The van der Waals surface area contributed by atoms with E-state index in [9.17, 15) is 5.11 Å². The highest BCUT2D eigenvalue weighted by Gasteiger charge is 2.04. The van der Waals surface area contributed by atoms with Crippen LogP contribution < -0.4 is 5.73 Å². The van der Waals surface area contributed by atoms with Crippen LogP contribution in [0.15, 0.2) is 24.3 Å². The molecule has 1 aromatic carbocycles. The van der Waals surface area contributed by atoms with Crippen LogP contribution in [0.3, 0.4) is 0 Å². The lowest BCUT2D eigenvalue weighted by Crippen LogP contribution is -2.16. The minimum absolute atomic E-state index is 0.200. The van der Waals surface area contributed by atoms with E-state index in [4.69, 9.17) is 11.0 Å². The van der Waals surface area contributed by atoms with Crippen LogP contribution in [0.25, 0.3) is 0 Å². The number of hydrogen-bond acceptors (Lipinski definition) is 3. The van der Waals surface area contributed by atoms with E-state index in [-0.39, 0.29) is 6.04 Å². The topological polar surface area (TPSA) is 70.0 Å². The number of hydrogen-bond donors (Lipinski definition) is 2. The fourth-order valence-corrected chi connectivity index (χ4v) is 1.43. The lowest BCUT2D eigenvalue weighted by atomic mass is 10.1. The molecule has 0 heterocycles. The summed E-state index contributed by atoms with van der Waals surface area (Å²) in [5, 5.41) is 18.6. The number of aliphatic hydroxyl groups excluding tert-OH is 1. The van der Waals surface area contributed by atoms with E-state index in [1.165, 1.54) is 0 Å². The van der Waals surface area contributed by atoms with E-state index in [0.29, 0.717) is 11.1 Å². The van der Waals surface area contributed by atoms with Gasteiger partial charge in [0.25, 0.3) is 0 Å². The second-order valence-corrected chi connectivity index (χ2v) is 3.82. The zero-order chi connectivity index (χ0) is 12.7. The first-order chi connectivity index (χ1) is 8.17. The van der Waals surface area contributed by atoms with E-state index in [0.717, 1.165) is 12.8 Å². The van der Waals surface area contributed by atoms with Crippen LogP contribution in [0.4, 0.5) is 0 Å². The summed E-state index contributed by atoms with van der Waals surface area (Å²) in [5.74, 6) is 5.52. The van der Waals surface area contributed by atoms with Crippen molar-refractivity contribution in [1.82, 2.24) is 0 Å². The minimum Gasteiger partial charge on any atom is -0.376 e. The molecule has 0 amide bonds. The lowest BCUT2D eigenvalue weighted by molar-refractivity contribution is 0.238. The number of benzene rings is 1. The van der Waals surface area contributed by atoms with Gasteiger partial charge in [0.15, 0.2) is 0 Å². The Bertz CT molecular complexity index is 465. The van der Waals surface area contributed by atoms with Crippen LogP contribution in [0.2, 0.25) is 0 Å². The minimum atomic E-state index is -0.883. The van der Waals surface area contributed by atoms with Crippen molar-refractivity contribution in [2.75, 3.05) is 0 Å². The molecule has 2 unspecified atom stereocenters. The molecular weight excluding hydrogens is 212 g/mol. The Morgan fingerprint density at radius 3 is 2.82 bits per heavy atom. The van der Waals surface area contributed by atoms with E-state index >= 15 is 0 Å². The Balaban J connectivity index is 2.76. The smallest absolute Gasteiger partial charge is 0.140 e. The molecule has 2 atom stereocenters. The molecule has 1 rings (SSSR count). The van der Waals surface area contributed by atoms with Crippen LogP contribution in [0.5, 0.6) is 0 Å². The zero-order valence-corrected chi connectivity index (χ0v) is 9.85. The van der Waals surface area contributed by atoms with Gasteiger partial charge in [-0.25, -0.2) is 0 Å². The Labute approximate surface area is 102 Å². The molecule has 0 aliphatic carbocycles. The van der Waals surface area contributed by atoms with Crippen molar-refractivity contribution < 1.29 is 5.11 Å². The van der Waals surface area contributed by atoms with Crippen LogP contribution in [-0.4, -0.2) is 11.1 Å². The predicted octanol–water partition coefficient (Wildman–Crippen LogP) is 1.72. The summed E-state index contributed by atoms with van der Waals surface area (Å²) in [6, 6.07) is 8.61. The molecule has 17 heavy (non-hydrogen) atoms. The highest BCUT2D eigenvalue weighted by molar-refractivity contribution is 5.36. The second-order valence-electron chi connectivity index (χ2n) is 3.82. The van der Waals surface area contributed by atoms with E-state index in [2.05, 4.69) is 11.8 Å². The van der Waals surface area contributed by atoms with Gasteiger partial charge in [0.1, 0.15) is 6.10 Å². The van der Waals surface area contributed by atoms with Crippen LogP contribution >= 0.6 is 0 Å². The van der Waals surface area contributed by atoms with Gasteiger partial charge in [0.05, 0.1) is 17.7 Å². The third kappa shape index (κ3) is 4.28. The quantitative estimate of drug-likeness (QED) is 0.774. The molecule has 0 bridgehead atoms. The van der Waals surface area contributed by atoms with Gasteiger partial charge in [-0.05, 0) is 24.1 Å². The van der Waals surface area contributed by atoms with Crippen molar-refractivity contribution in [2.24, 2.45) is 5.73 Å². The third-order valence-corrected chi connectivity index (χ3v) is 2.34. The maximum absolute atomic E-state index is 9.82. The van der Waals surface area contributed by atoms with Gasteiger partial charge in [-0.1, -0.05) is 37.3 Å². The van der Waals surface area contributed by atoms with Crippen molar-refractivity contribution in [3.8, 4) is 17.9 Å². The molecular formula is C14H16N2O. The van der Waals surface area contributed by atoms with Gasteiger partial charge >= 0.3 is 0 Å². The number of nitrogens with zero attached hydrogens (tertiary/aromatic N) is 1. The highest BCUT2D eigenvalue weighted by atomic mass is 16.3. The van der Waals surface area contributed by atoms with E-state index in [1.54, 1.807) is 24.3 Å². The third-order valence-electron chi connectivity index (χ3n) is 2.34. The molecule has 88 valence electrons. The molecule has 3 heteroatoms. The first kappa shape index (κ1) is 13.3. The lowest BCUT2D eigenvalue weighted by Gasteiger charge is -2.05. The molecule has 0 saturated heterocycles. The maximum Gasteiger partial charge on any atom is 0.140 e. The fourth-order valence-electron chi connectivity index (χ4n) is 1.43. The summed E-state index contributed by atoms with van der Waals surface area (Å²) in [6.07, 6.45) is 0.902. The first-order valence-electron chi connectivity index (χ1n) is 5.62. The Morgan fingerprint density at radius 1 is 1.41 bits per heavy atom. The van der Waals surface area contributed by atoms with Gasteiger partial charge in [-0.2, -0.15) is 5.26 Å². The van der Waals surface area contributed by atoms with Crippen LogP contribution in [-0.2, 0) is 0 Å². The zero-order valence-electron chi connectivity index (χ0n) is 9.85. The van der Waals surface area contributed by atoms with Crippen molar-refractivity contribution in [3.05, 3.63) is 35.4 Å². The van der Waals surface area contributed by atoms with Crippen molar-refractivity contribution in [1.29, 1.82) is 5.26 Å². The molecule has 0 aliphatic heterocycles. The van der Waals surface area contributed by atoms with Crippen molar-refractivity contribution >= 4 is 0 Å². The molecule has 0 spiro atoms. The summed E-state index contributed by atoms with van der Waals surface area (Å²) in [6.45, 7) is 2.04. The second kappa shape index (κ2) is 6.70. The average Bonchev–Trinajstić information content (AvgIpc) is 2.36. The number of nitriles is 1. The van der Waals surface area contributed by atoms with Gasteiger partial charge in [-0.15, -0.1) is 0 Å². The molecule has 3 nitrogen and oxygen atoms in total. The SMILES string of the molecule is CCCC(N)C#CC(O)c1cccc(C#N)c1. The molecule has 0 saturated carbocycles. The summed E-state index contributed by atoms with van der Waals surface area (Å²) >= 11 is 0. The highest BCUT2D eigenvalue weighted by Crippen LogP contribution is 2.13. The molecule has 0 radical (unpaired) electrons. The molecule has 1 aromatic rings. The standard InChI is InChI=1S/C14H16N2O/c1-2-4-13(16)7-8-14(17)12-6-3-5-11(9-12)10-15/h3,5-6,9,13-14,17H,2,4,16H2,1H3. The first-order valence-corrected chi connectivity index (χ1v) is 5.62. The molecule has 0 aromatic heterocycles. The van der Waals surface area contributed by atoms with Crippen LogP contribution in [0, 0.1) is 23.2 Å². The molecule has 0 fully saturated rings. The summed E-state index contributed by atoms with van der Waals surface area (Å²) in [7, 11) is 0. The summed E-state index contributed by atoms with van der Waals surface area (Å²) in [4.78, 5) is 0. The molecule has 0 aliphatic rings. The number of nitrogens with two attached hydrogens (primary N) is 1. The largest absolute Gasteiger partial charge is 0.376 e. The van der Waals surface area contributed by atoms with Gasteiger partial charge in [0, 0.05) is 0 Å². The maximum atomic E-state index is 9.82. The van der Waals surface area contributed by atoms with Gasteiger partial charge in [-0.3, -0.25) is 0 Å². The van der Waals surface area contributed by atoms with Crippen LogP contribution in [0.1, 0.15) is 37.0 Å². The van der Waals surface area contributed by atoms with Crippen molar-refractivity contribution in [3.63, 3.8) is 0 Å². The van der Waals surface area contributed by atoms with E-state index in [1.807, 2.05) is 13.0 Å². The Morgan fingerprint density at radius 2 is 2.18 bits per heavy atom. The summed E-state index contributed by atoms with van der Waals surface area (Å²) < 4.78 is 0.